The van der Waals surface area contributed by atoms with Crippen molar-refractivity contribution in [2.75, 3.05) is 12.4 Å². The summed E-state index contributed by atoms with van der Waals surface area (Å²) in [6.07, 6.45) is -0.865. The minimum absolute atomic E-state index is 0.329. The maximum Gasteiger partial charge on any atom is 0.341 e. The molecule has 0 aliphatic rings. The number of hydrogen-bond donors (Lipinski definition) is 2. The largest absolute Gasteiger partial charge is 0.449 e. The van der Waals surface area contributed by atoms with Gasteiger partial charge in [-0.2, -0.15) is 0 Å². The predicted molar refractivity (Wildman–Crippen MR) is 89.2 cm³/mol. The fraction of sp³-hybridized carbons (Fsp3) is 0.222. The number of carbonyl (C=O) groups excluding carboxylic acids is 2. The van der Waals surface area contributed by atoms with Crippen molar-refractivity contribution in [2.24, 2.45) is 0 Å². The number of amides is 1. The molecule has 0 fully saturated rings. The Morgan fingerprint density at radius 3 is 2.39 bits per heavy atom. The van der Waals surface area contributed by atoms with E-state index < -0.39 is 12.1 Å². The second kappa shape index (κ2) is 7.98. The molecule has 0 bridgehead atoms. The first-order valence-electron chi connectivity index (χ1n) is 7.41. The molecule has 0 spiro atoms. The van der Waals surface area contributed by atoms with Gasteiger partial charge in [-0.1, -0.05) is 42.5 Å². The van der Waals surface area contributed by atoms with Crippen LogP contribution in [0.4, 0.5) is 5.69 Å². The van der Waals surface area contributed by atoms with Gasteiger partial charge in [0.2, 0.25) is 0 Å². The second-order valence-electron chi connectivity index (χ2n) is 5.05. The van der Waals surface area contributed by atoms with Crippen LogP contribution in [0.1, 0.15) is 22.8 Å². The molecule has 2 rings (SSSR count). The van der Waals surface area contributed by atoms with E-state index in [0.29, 0.717) is 17.8 Å². The number of benzene rings is 2. The molecule has 0 saturated heterocycles. The summed E-state index contributed by atoms with van der Waals surface area (Å²) in [6.45, 7) is 1.95. The van der Waals surface area contributed by atoms with E-state index in [1.165, 1.54) is 0 Å². The van der Waals surface area contributed by atoms with E-state index in [9.17, 15) is 9.59 Å². The Hall–Kier alpha value is -2.82. The highest BCUT2D eigenvalue weighted by Crippen LogP contribution is 2.16. The van der Waals surface area contributed by atoms with Crippen LogP contribution in [0.5, 0.6) is 0 Å². The smallest absolute Gasteiger partial charge is 0.341 e. The summed E-state index contributed by atoms with van der Waals surface area (Å²) in [5.41, 5.74) is 2.05. The van der Waals surface area contributed by atoms with Gasteiger partial charge in [0.05, 0.1) is 5.56 Å². The van der Waals surface area contributed by atoms with Crippen molar-refractivity contribution in [1.29, 1.82) is 0 Å². The lowest BCUT2D eigenvalue weighted by atomic mass is 10.2. The van der Waals surface area contributed by atoms with Crippen molar-refractivity contribution in [3.8, 4) is 0 Å². The van der Waals surface area contributed by atoms with Crippen LogP contribution in [0.3, 0.4) is 0 Å². The average molecular weight is 312 g/mol. The Morgan fingerprint density at radius 1 is 1.04 bits per heavy atom. The molecular formula is C18H20N2O3. The fourth-order valence-corrected chi connectivity index (χ4v) is 2.09. The van der Waals surface area contributed by atoms with E-state index >= 15 is 0 Å². The van der Waals surface area contributed by atoms with E-state index in [4.69, 9.17) is 4.74 Å². The standard InChI is InChI=1S/C18H20N2O3/c1-13(17(21)20-12-14-8-4-3-5-9-14)23-18(22)15-10-6-7-11-16(15)19-2/h3-11,13,19H,12H2,1-2H3,(H,20,21)/t13-/m1/s1. The van der Waals surface area contributed by atoms with Crippen molar-refractivity contribution in [1.82, 2.24) is 5.32 Å². The Labute approximate surface area is 135 Å². The predicted octanol–water partition coefficient (Wildman–Crippen LogP) is 2.59. The zero-order valence-electron chi connectivity index (χ0n) is 13.2. The average Bonchev–Trinajstić information content (AvgIpc) is 2.60. The van der Waals surface area contributed by atoms with Crippen molar-refractivity contribution in [3.63, 3.8) is 0 Å². The summed E-state index contributed by atoms with van der Waals surface area (Å²) in [6, 6.07) is 16.5. The lowest BCUT2D eigenvalue weighted by molar-refractivity contribution is -0.129. The minimum Gasteiger partial charge on any atom is -0.449 e. The topological polar surface area (TPSA) is 67.4 Å². The third-order valence-electron chi connectivity index (χ3n) is 3.38. The number of rotatable bonds is 6. The van der Waals surface area contributed by atoms with Gasteiger partial charge in [-0.05, 0) is 24.6 Å². The van der Waals surface area contributed by atoms with Gasteiger partial charge in [0.25, 0.3) is 5.91 Å². The van der Waals surface area contributed by atoms with Crippen LogP contribution >= 0.6 is 0 Å². The third kappa shape index (κ3) is 4.57. The van der Waals surface area contributed by atoms with Gasteiger partial charge in [-0.15, -0.1) is 0 Å². The fourth-order valence-electron chi connectivity index (χ4n) is 2.09. The Kier molecular flexibility index (Phi) is 5.74. The molecule has 2 aromatic carbocycles. The first-order valence-corrected chi connectivity index (χ1v) is 7.41. The van der Waals surface area contributed by atoms with Gasteiger partial charge >= 0.3 is 5.97 Å². The van der Waals surface area contributed by atoms with Gasteiger partial charge in [0.15, 0.2) is 6.10 Å². The van der Waals surface area contributed by atoms with Gasteiger partial charge in [0, 0.05) is 19.3 Å². The SMILES string of the molecule is CNc1ccccc1C(=O)O[C@H](C)C(=O)NCc1ccccc1. The normalized spacial score (nSPS) is 11.4. The Bertz CT molecular complexity index is 671. The van der Waals surface area contributed by atoms with Crippen molar-refractivity contribution >= 4 is 17.6 Å². The molecule has 2 aromatic rings. The van der Waals surface area contributed by atoms with Crippen LogP contribution in [-0.2, 0) is 16.1 Å². The molecule has 2 N–H and O–H groups in total. The van der Waals surface area contributed by atoms with Crippen LogP contribution in [0.15, 0.2) is 54.6 Å². The number of anilines is 1. The maximum atomic E-state index is 12.2. The zero-order valence-corrected chi connectivity index (χ0v) is 13.2. The van der Waals surface area contributed by atoms with Crippen LogP contribution in [0, 0.1) is 0 Å². The van der Waals surface area contributed by atoms with E-state index in [-0.39, 0.29) is 5.91 Å². The molecule has 1 amide bonds. The molecule has 0 aliphatic heterocycles. The molecule has 0 aromatic heterocycles. The third-order valence-corrected chi connectivity index (χ3v) is 3.38. The van der Waals surface area contributed by atoms with Crippen LogP contribution < -0.4 is 10.6 Å². The lowest BCUT2D eigenvalue weighted by Crippen LogP contribution is -2.35. The van der Waals surface area contributed by atoms with Gasteiger partial charge in [-0.3, -0.25) is 4.79 Å². The Morgan fingerprint density at radius 2 is 1.70 bits per heavy atom. The summed E-state index contributed by atoms with van der Waals surface area (Å²) in [7, 11) is 1.72. The number of esters is 1. The summed E-state index contributed by atoms with van der Waals surface area (Å²) in [5.74, 6) is -0.860. The molecule has 5 nitrogen and oxygen atoms in total. The van der Waals surface area contributed by atoms with Gasteiger partial charge in [-0.25, -0.2) is 4.79 Å². The number of para-hydroxylation sites is 1. The molecule has 0 radical (unpaired) electrons. The zero-order chi connectivity index (χ0) is 16.7. The molecule has 5 heteroatoms. The first kappa shape index (κ1) is 16.5. The number of hydrogen-bond acceptors (Lipinski definition) is 4. The Balaban J connectivity index is 1.91. The van der Waals surface area contributed by atoms with E-state index in [1.807, 2.05) is 36.4 Å². The summed E-state index contributed by atoms with van der Waals surface area (Å²) in [4.78, 5) is 24.2. The molecular weight excluding hydrogens is 292 g/mol. The maximum absolute atomic E-state index is 12.2. The highest BCUT2D eigenvalue weighted by molar-refractivity contribution is 5.97. The minimum atomic E-state index is -0.865. The van der Waals surface area contributed by atoms with Crippen LogP contribution in [0.2, 0.25) is 0 Å². The summed E-state index contributed by atoms with van der Waals surface area (Å²) < 4.78 is 5.24. The summed E-state index contributed by atoms with van der Waals surface area (Å²) in [5, 5.41) is 5.68. The van der Waals surface area contributed by atoms with Crippen molar-refractivity contribution in [3.05, 3.63) is 65.7 Å². The lowest BCUT2D eigenvalue weighted by Gasteiger charge is -2.15. The van der Waals surface area contributed by atoms with Crippen molar-refractivity contribution in [2.45, 2.75) is 19.6 Å². The molecule has 1 atom stereocenters. The molecule has 120 valence electrons. The first-order chi connectivity index (χ1) is 11.1. The molecule has 0 saturated carbocycles. The molecule has 23 heavy (non-hydrogen) atoms. The molecule has 0 unspecified atom stereocenters. The quantitative estimate of drug-likeness (QED) is 0.805. The van der Waals surface area contributed by atoms with Crippen LogP contribution in [-0.4, -0.2) is 25.0 Å². The summed E-state index contributed by atoms with van der Waals surface area (Å²) >= 11 is 0. The highest BCUT2D eigenvalue weighted by atomic mass is 16.5. The molecule has 0 heterocycles. The van der Waals surface area contributed by atoms with E-state index in [1.54, 1.807) is 32.2 Å². The number of carbonyl (C=O) groups is 2. The molecule has 0 aliphatic carbocycles. The number of ether oxygens (including phenoxy) is 1. The van der Waals surface area contributed by atoms with E-state index in [0.717, 1.165) is 5.56 Å². The monoisotopic (exact) mass is 312 g/mol. The van der Waals surface area contributed by atoms with Crippen molar-refractivity contribution < 1.29 is 14.3 Å². The highest BCUT2D eigenvalue weighted by Gasteiger charge is 2.20. The van der Waals surface area contributed by atoms with Gasteiger partial charge in [0.1, 0.15) is 0 Å². The number of nitrogens with one attached hydrogen (secondary N) is 2. The van der Waals surface area contributed by atoms with E-state index in [2.05, 4.69) is 10.6 Å². The van der Waals surface area contributed by atoms with Crippen LogP contribution in [0.25, 0.3) is 0 Å². The van der Waals surface area contributed by atoms with Gasteiger partial charge < -0.3 is 15.4 Å². The second-order valence-corrected chi connectivity index (χ2v) is 5.05.